The molecule has 0 aliphatic rings. The summed E-state index contributed by atoms with van der Waals surface area (Å²) in [6, 6.07) is 11.7. The Morgan fingerprint density at radius 1 is 1.11 bits per heavy atom. The van der Waals surface area contributed by atoms with Crippen LogP contribution in [0.15, 0.2) is 42.5 Å². The van der Waals surface area contributed by atoms with Crippen LogP contribution in [0.4, 0.5) is 5.69 Å². The fourth-order valence-electron chi connectivity index (χ4n) is 1.62. The number of hydrogen-bond donors (Lipinski definition) is 2. The molecule has 4 N–H and O–H groups in total. The third-order valence-corrected chi connectivity index (χ3v) is 2.59. The van der Waals surface area contributed by atoms with Crippen molar-refractivity contribution in [1.82, 2.24) is 0 Å². The molecule has 0 aromatic heterocycles. The molecule has 0 heterocycles. The lowest BCUT2D eigenvalue weighted by atomic mass is 10.2. The molecule has 5 heteroatoms. The number of benzene rings is 2. The van der Waals surface area contributed by atoms with E-state index in [0.29, 0.717) is 28.5 Å². The van der Waals surface area contributed by atoms with Gasteiger partial charge in [-0.1, -0.05) is 12.1 Å². The van der Waals surface area contributed by atoms with Gasteiger partial charge < -0.3 is 20.9 Å². The van der Waals surface area contributed by atoms with Crippen LogP contribution in [0.3, 0.4) is 0 Å². The van der Waals surface area contributed by atoms with Crippen LogP contribution in [-0.4, -0.2) is 13.0 Å². The molecule has 0 aliphatic carbocycles. The number of methoxy groups -OCH3 is 1. The first kappa shape index (κ1) is 12.8. The molecule has 0 aliphatic heterocycles. The molecule has 19 heavy (non-hydrogen) atoms. The molecule has 2 aromatic carbocycles. The number of carbonyl (C=O) groups is 1. The molecule has 0 spiro atoms. The van der Waals surface area contributed by atoms with Crippen molar-refractivity contribution in [1.29, 1.82) is 0 Å². The highest BCUT2D eigenvalue weighted by Gasteiger charge is 2.11. The Morgan fingerprint density at radius 3 is 2.47 bits per heavy atom. The minimum atomic E-state index is -0.553. The van der Waals surface area contributed by atoms with E-state index >= 15 is 0 Å². The zero-order chi connectivity index (χ0) is 13.8. The summed E-state index contributed by atoms with van der Waals surface area (Å²) in [5, 5.41) is 0. The lowest BCUT2D eigenvalue weighted by molar-refractivity contribution is 0.0998. The van der Waals surface area contributed by atoms with E-state index in [0.717, 1.165) is 0 Å². The standard InChI is InChI=1S/C14H14N2O3/c1-18-9-6-7-13(11(15)8-9)19-12-5-3-2-4-10(12)14(16)17/h2-8H,15H2,1H3,(H2,16,17). The van der Waals surface area contributed by atoms with Crippen molar-refractivity contribution < 1.29 is 14.3 Å². The van der Waals surface area contributed by atoms with Gasteiger partial charge in [-0.2, -0.15) is 0 Å². The molecule has 0 saturated heterocycles. The molecular weight excluding hydrogens is 244 g/mol. The van der Waals surface area contributed by atoms with E-state index < -0.39 is 5.91 Å². The SMILES string of the molecule is COc1ccc(Oc2ccccc2C(N)=O)c(N)c1. The van der Waals surface area contributed by atoms with Crippen LogP contribution < -0.4 is 20.9 Å². The maximum absolute atomic E-state index is 11.3. The van der Waals surface area contributed by atoms with Crippen molar-refractivity contribution >= 4 is 11.6 Å². The Labute approximate surface area is 110 Å². The predicted molar refractivity (Wildman–Crippen MR) is 72.4 cm³/mol. The lowest BCUT2D eigenvalue weighted by Gasteiger charge is -2.11. The van der Waals surface area contributed by atoms with E-state index in [4.69, 9.17) is 20.9 Å². The Bertz CT molecular complexity index is 611. The average Bonchev–Trinajstić information content (AvgIpc) is 2.41. The Morgan fingerprint density at radius 2 is 1.84 bits per heavy atom. The first-order valence-electron chi connectivity index (χ1n) is 5.62. The minimum absolute atomic E-state index is 0.303. The first-order valence-corrected chi connectivity index (χ1v) is 5.62. The van der Waals surface area contributed by atoms with Gasteiger partial charge in [0.1, 0.15) is 11.5 Å². The molecule has 0 radical (unpaired) electrons. The van der Waals surface area contributed by atoms with E-state index in [9.17, 15) is 4.79 Å². The van der Waals surface area contributed by atoms with Crippen molar-refractivity contribution in [3.8, 4) is 17.2 Å². The lowest BCUT2D eigenvalue weighted by Crippen LogP contribution is -2.12. The average molecular weight is 258 g/mol. The second-order valence-electron chi connectivity index (χ2n) is 3.87. The topological polar surface area (TPSA) is 87.6 Å². The van der Waals surface area contributed by atoms with E-state index in [1.54, 1.807) is 49.6 Å². The number of ether oxygens (including phenoxy) is 2. The van der Waals surface area contributed by atoms with Gasteiger partial charge in [0.2, 0.25) is 0 Å². The van der Waals surface area contributed by atoms with Crippen molar-refractivity contribution in [2.75, 3.05) is 12.8 Å². The van der Waals surface area contributed by atoms with Gasteiger partial charge in [-0.05, 0) is 24.3 Å². The molecule has 0 saturated carbocycles. The van der Waals surface area contributed by atoms with Gasteiger partial charge in [0.25, 0.3) is 5.91 Å². The number of nitrogen functional groups attached to an aromatic ring is 1. The number of primary amides is 1. The molecule has 0 fully saturated rings. The number of amides is 1. The largest absolute Gasteiger partial charge is 0.497 e. The second kappa shape index (κ2) is 5.30. The molecular formula is C14H14N2O3. The number of carbonyl (C=O) groups excluding carboxylic acids is 1. The van der Waals surface area contributed by atoms with Crippen LogP contribution in [0.2, 0.25) is 0 Å². The minimum Gasteiger partial charge on any atom is -0.497 e. The van der Waals surface area contributed by atoms with E-state index in [2.05, 4.69) is 0 Å². The van der Waals surface area contributed by atoms with Crippen LogP contribution in [0, 0.1) is 0 Å². The van der Waals surface area contributed by atoms with Crippen LogP contribution in [0.5, 0.6) is 17.2 Å². The monoisotopic (exact) mass is 258 g/mol. The van der Waals surface area contributed by atoms with Gasteiger partial charge >= 0.3 is 0 Å². The number of anilines is 1. The van der Waals surface area contributed by atoms with Crippen molar-refractivity contribution in [2.45, 2.75) is 0 Å². The van der Waals surface area contributed by atoms with E-state index in [1.807, 2.05) is 0 Å². The van der Waals surface area contributed by atoms with Crippen LogP contribution in [0.25, 0.3) is 0 Å². The van der Waals surface area contributed by atoms with Gasteiger partial charge in [0.05, 0.1) is 18.4 Å². The van der Waals surface area contributed by atoms with Gasteiger partial charge in [-0.15, -0.1) is 0 Å². The first-order chi connectivity index (χ1) is 9.11. The van der Waals surface area contributed by atoms with Gasteiger partial charge in [0, 0.05) is 6.07 Å². The molecule has 2 rings (SSSR count). The fraction of sp³-hybridized carbons (Fsp3) is 0.0714. The predicted octanol–water partition coefficient (Wildman–Crippen LogP) is 2.17. The number of nitrogens with two attached hydrogens (primary N) is 2. The summed E-state index contributed by atoms with van der Waals surface area (Å²) in [6.45, 7) is 0. The van der Waals surface area contributed by atoms with Crippen molar-refractivity contribution in [3.05, 3.63) is 48.0 Å². The quantitative estimate of drug-likeness (QED) is 0.823. The van der Waals surface area contributed by atoms with Crippen LogP contribution in [0.1, 0.15) is 10.4 Å². The highest BCUT2D eigenvalue weighted by atomic mass is 16.5. The third kappa shape index (κ3) is 2.77. The van der Waals surface area contributed by atoms with Crippen LogP contribution in [-0.2, 0) is 0 Å². The maximum Gasteiger partial charge on any atom is 0.252 e. The number of rotatable bonds is 4. The van der Waals surface area contributed by atoms with Crippen molar-refractivity contribution in [2.24, 2.45) is 5.73 Å². The summed E-state index contributed by atoms with van der Waals surface area (Å²) in [6.07, 6.45) is 0. The van der Waals surface area contributed by atoms with E-state index in [1.165, 1.54) is 0 Å². The molecule has 0 bridgehead atoms. The summed E-state index contributed by atoms with van der Waals surface area (Å²) in [5.41, 5.74) is 11.9. The smallest absolute Gasteiger partial charge is 0.252 e. The van der Waals surface area contributed by atoms with Gasteiger partial charge in [-0.25, -0.2) is 0 Å². The Hall–Kier alpha value is -2.69. The van der Waals surface area contributed by atoms with Gasteiger partial charge in [-0.3, -0.25) is 4.79 Å². The zero-order valence-electron chi connectivity index (χ0n) is 10.4. The summed E-state index contributed by atoms with van der Waals surface area (Å²) in [4.78, 5) is 11.3. The van der Waals surface area contributed by atoms with E-state index in [-0.39, 0.29) is 0 Å². The molecule has 0 atom stereocenters. The molecule has 5 nitrogen and oxygen atoms in total. The highest BCUT2D eigenvalue weighted by Crippen LogP contribution is 2.32. The summed E-state index contributed by atoms with van der Waals surface area (Å²) in [5.74, 6) is 0.886. The summed E-state index contributed by atoms with van der Waals surface area (Å²) in [7, 11) is 1.55. The Balaban J connectivity index is 2.34. The summed E-state index contributed by atoms with van der Waals surface area (Å²) >= 11 is 0. The molecule has 98 valence electrons. The fourth-order valence-corrected chi connectivity index (χ4v) is 1.62. The zero-order valence-corrected chi connectivity index (χ0v) is 10.4. The van der Waals surface area contributed by atoms with Crippen LogP contribution >= 0.6 is 0 Å². The second-order valence-corrected chi connectivity index (χ2v) is 3.87. The normalized spacial score (nSPS) is 9.95. The molecule has 2 aromatic rings. The molecule has 0 unspecified atom stereocenters. The van der Waals surface area contributed by atoms with Gasteiger partial charge in [0.15, 0.2) is 5.75 Å². The highest BCUT2D eigenvalue weighted by molar-refractivity contribution is 5.95. The third-order valence-electron chi connectivity index (χ3n) is 2.59. The molecule has 1 amide bonds. The Kier molecular flexibility index (Phi) is 3.56. The number of para-hydroxylation sites is 1. The summed E-state index contributed by atoms with van der Waals surface area (Å²) < 4.78 is 10.7. The maximum atomic E-state index is 11.3. The number of hydrogen-bond acceptors (Lipinski definition) is 4. The van der Waals surface area contributed by atoms with Crippen molar-refractivity contribution in [3.63, 3.8) is 0 Å².